The fourth-order valence-electron chi connectivity index (χ4n) is 3.21. The molecule has 2 aromatic rings. The van der Waals surface area contributed by atoms with Crippen LogP contribution in [0.4, 0.5) is 0 Å². The summed E-state index contributed by atoms with van der Waals surface area (Å²) in [6.45, 7) is 2.42. The van der Waals surface area contributed by atoms with Gasteiger partial charge in [-0.25, -0.2) is 13.2 Å². The lowest BCUT2D eigenvalue weighted by atomic mass is 9.95. The summed E-state index contributed by atoms with van der Waals surface area (Å²) in [5.74, 6) is -1.72. The van der Waals surface area contributed by atoms with Gasteiger partial charge < -0.3 is 25.0 Å². The second-order valence-electron chi connectivity index (χ2n) is 7.37. The summed E-state index contributed by atoms with van der Waals surface area (Å²) in [4.78, 5) is 24.0. The largest absolute Gasteiger partial charge is 0.475 e. The third-order valence-corrected chi connectivity index (χ3v) is 6.38. The minimum Gasteiger partial charge on any atom is -0.475 e. The van der Waals surface area contributed by atoms with Gasteiger partial charge in [-0.2, -0.15) is 4.72 Å². The summed E-state index contributed by atoms with van der Waals surface area (Å²) in [6, 6.07) is 8.76. The van der Waals surface area contributed by atoms with Crippen LogP contribution < -0.4 is 20.5 Å². The van der Waals surface area contributed by atoms with Crippen LogP contribution in [-0.2, 0) is 19.6 Å². The lowest BCUT2D eigenvalue weighted by Gasteiger charge is -2.21. The van der Waals surface area contributed by atoms with Gasteiger partial charge in [0.2, 0.25) is 15.8 Å². The molecule has 1 aliphatic rings. The maximum absolute atomic E-state index is 12.2. The Morgan fingerprint density at radius 2 is 1.97 bits per heavy atom. The fraction of sp³-hybridized carbons (Fsp3) is 0.450. The Labute approximate surface area is 185 Å². The van der Waals surface area contributed by atoms with Crippen molar-refractivity contribution in [2.24, 2.45) is 11.7 Å². The molecule has 2 heterocycles. The van der Waals surface area contributed by atoms with Crippen LogP contribution in [0.1, 0.15) is 36.2 Å². The molecule has 0 spiro atoms. The van der Waals surface area contributed by atoms with Crippen LogP contribution in [0.15, 0.2) is 45.8 Å². The number of nitrogens with zero attached hydrogens (tertiary/aromatic N) is 1. The van der Waals surface area contributed by atoms with Crippen LogP contribution >= 0.6 is 0 Å². The van der Waals surface area contributed by atoms with Crippen LogP contribution in [-0.4, -0.2) is 51.4 Å². The maximum atomic E-state index is 12.2. The number of piperidine rings is 1. The molecule has 0 amide bonds. The number of hydrogen-bond acceptors (Lipinski definition) is 10. The number of nitrogens with one attached hydrogen (secondary N) is 2. The molecular weight excluding hydrogens is 440 g/mol. The second-order valence-corrected chi connectivity index (χ2v) is 9.08. The van der Waals surface area contributed by atoms with E-state index in [1.807, 2.05) is 0 Å². The number of sulfonamides is 1. The summed E-state index contributed by atoms with van der Waals surface area (Å²) in [5, 5.41) is 6.93. The van der Waals surface area contributed by atoms with Crippen molar-refractivity contribution in [2.45, 2.75) is 36.7 Å². The Morgan fingerprint density at radius 1 is 1.25 bits per heavy atom. The Balaban J connectivity index is 1.42. The molecule has 0 radical (unpaired) electrons. The number of ether oxygens (including phenoxy) is 2. The van der Waals surface area contributed by atoms with E-state index in [0.29, 0.717) is 12.5 Å². The maximum Gasteiger partial charge on any atom is 0.384 e. The predicted octanol–water partition coefficient (Wildman–Crippen LogP) is 0.780. The normalized spacial score (nSPS) is 15.8. The topological polar surface area (TPSA) is 163 Å². The second kappa shape index (κ2) is 11.2. The minimum atomic E-state index is -3.92. The minimum absolute atomic E-state index is 0.00534. The number of nitrogens with two attached hydrogens (primary N) is 1. The zero-order valence-electron chi connectivity index (χ0n) is 17.4. The zero-order chi connectivity index (χ0) is 23.0. The Kier molecular flexibility index (Phi) is 8.33. The van der Waals surface area contributed by atoms with E-state index in [0.717, 1.165) is 32.4 Å². The highest BCUT2D eigenvalue weighted by atomic mass is 32.2. The van der Waals surface area contributed by atoms with E-state index in [2.05, 4.69) is 19.9 Å². The number of carbonyl (C=O) groups is 2. The van der Waals surface area contributed by atoms with Gasteiger partial charge in [-0.05, 0) is 55.6 Å². The van der Waals surface area contributed by atoms with Gasteiger partial charge in [-0.15, -0.1) is 0 Å². The highest BCUT2D eigenvalue weighted by molar-refractivity contribution is 7.89. The monoisotopic (exact) mass is 466 g/mol. The number of esters is 2. The van der Waals surface area contributed by atoms with Gasteiger partial charge >= 0.3 is 11.9 Å². The fourth-order valence-corrected chi connectivity index (χ4v) is 4.34. The van der Waals surface area contributed by atoms with E-state index in [1.165, 1.54) is 18.2 Å². The van der Waals surface area contributed by atoms with E-state index in [1.54, 1.807) is 18.2 Å². The molecule has 32 heavy (non-hydrogen) atoms. The molecule has 1 saturated heterocycles. The molecule has 1 fully saturated rings. The Bertz CT molecular complexity index is 1000. The van der Waals surface area contributed by atoms with Crippen molar-refractivity contribution >= 4 is 22.0 Å². The standard InChI is InChI=1S/C20H26N4O7S/c21-17(24-32(27,28)15-4-2-1-3-5-15)13-19(25)30-20(26)16-12-18(23-31-16)29-11-8-14-6-9-22-10-7-14/h1-5,12,14,17,22,24H,6-11,13,21H2/t17-/m0/s1. The number of hydrogen-bond donors (Lipinski definition) is 3. The van der Waals surface area contributed by atoms with Gasteiger partial charge in [0.15, 0.2) is 0 Å². The van der Waals surface area contributed by atoms with Gasteiger partial charge in [0, 0.05) is 0 Å². The van der Waals surface area contributed by atoms with Crippen molar-refractivity contribution in [1.29, 1.82) is 0 Å². The van der Waals surface area contributed by atoms with Gasteiger partial charge in [0.1, 0.15) is 0 Å². The average Bonchev–Trinajstić information content (AvgIpc) is 3.24. The third kappa shape index (κ3) is 7.12. The molecule has 0 unspecified atom stereocenters. The highest BCUT2D eigenvalue weighted by Gasteiger charge is 2.24. The zero-order valence-corrected chi connectivity index (χ0v) is 18.2. The third-order valence-electron chi connectivity index (χ3n) is 4.88. The van der Waals surface area contributed by atoms with E-state index in [-0.39, 0.29) is 16.5 Å². The van der Waals surface area contributed by atoms with Crippen molar-refractivity contribution in [3.8, 4) is 5.88 Å². The quantitative estimate of drug-likeness (QED) is 0.259. The Morgan fingerprint density at radius 3 is 2.69 bits per heavy atom. The van der Waals surface area contributed by atoms with Crippen molar-refractivity contribution in [3.63, 3.8) is 0 Å². The summed E-state index contributed by atoms with van der Waals surface area (Å²) in [7, 11) is -3.92. The number of rotatable bonds is 10. The first-order valence-corrected chi connectivity index (χ1v) is 11.7. The van der Waals surface area contributed by atoms with Crippen molar-refractivity contribution in [3.05, 3.63) is 42.2 Å². The number of carbonyl (C=O) groups excluding carboxylic acids is 2. The first-order valence-electron chi connectivity index (χ1n) is 10.2. The average molecular weight is 467 g/mol. The molecule has 1 aromatic carbocycles. The van der Waals surface area contributed by atoms with Gasteiger partial charge in [0.05, 0.1) is 30.2 Å². The molecule has 0 bridgehead atoms. The molecular formula is C20H26N4O7S. The molecule has 174 valence electrons. The summed E-state index contributed by atoms with van der Waals surface area (Å²) in [6.07, 6.45) is 1.19. The smallest absolute Gasteiger partial charge is 0.384 e. The summed E-state index contributed by atoms with van der Waals surface area (Å²) >= 11 is 0. The van der Waals surface area contributed by atoms with Crippen molar-refractivity contribution in [2.75, 3.05) is 19.7 Å². The van der Waals surface area contributed by atoms with E-state index in [9.17, 15) is 18.0 Å². The molecule has 3 rings (SSSR count). The van der Waals surface area contributed by atoms with Gasteiger partial charge in [-0.1, -0.05) is 18.2 Å². The van der Waals surface area contributed by atoms with Gasteiger partial charge in [0.25, 0.3) is 5.88 Å². The van der Waals surface area contributed by atoms with Crippen LogP contribution in [0.25, 0.3) is 0 Å². The van der Waals surface area contributed by atoms with E-state index in [4.69, 9.17) is 15.0 Å². The molecule has 12 heteroatoms. The number of benzene rings is 1. The molecule has 0 aliphatic carbocycles. The van der Waals surface area contributed by atoms with Crippen LogP contribution in [0, 0.1) is 5.92 Å². The van der Waals surface area contributed by atoms with Crippen LogP contribution in [0.2, 0.25) is 0 Å². The van der Waals surface area contributed by atoms with Crippen LogP contribution in [0.3, 0.4) is 0 Å². The summed E-state index contributed by atoms with van der Waals surface area (Å²) < 4.78 is 41.6. The summed E-state index contributed by atoms with van der Waals surface area (Å²) in [5.41, 5.74) is 5.67. The predicted molar refractivity (Wildman–Crippen MR) is 112 cm³/mol. The van der Waals surface area contributed by atoms with E-state index < -0.39 is 34.5 Å². The van der Waals surface area contributed by atoms with E-state index >= 15 is 0 Å². The lowest BCUT2D eigenvalue weighted by Crippen LogP contribution is -2.43. The lowest BCUT2D eigenvalue weighted by molar-refractivity contribution is -0.138. The number of aromatic nitrogens is 1. The SMILES string of the molecule is N[C@H](CC(=O)OC(=O)c1cc(OCCC2CCNCC2)no1)NS(=O)(=O)c1ccccc1. The molecule has 1 atom stereocenters. The first kappa shape index (κ1) is 23.9. The molecule has 1 aromatic heterocycles. The Hall–Kier alpha value is -2.80. The van der Waals surface area contributed by atoms with Crippen LogP contribution in [0.5, 0.6) is 5.88 Å². The highest BCUT2D eigenvalue weighted by Crippen LogP contribution is 2.18. The molecule has 4 N–H and O–H groups in total. The molecule has 0 saturated carbocycles. The van der Waals surface area contributed by atoms with Crippen molar-refractivity contribution < 1.29 is 32.0 Å². The molecule has 11 nitrogen and oxygen atoms in total. The van der Waals surface area contributed by atoms with Crippen molar-refractivity contribution in [1.82, 2.24) is 15.2 Å². The first-order chi connectivity index (χ1) is 15.3. The molecule has 1 aliphatic heterocycles. The van der Waals surface area contributed by atoms with Gasteiger partial charge in [-0.3, -0.25) is 4.79 Å².